The summed E-state index contributed by atoms with van der Waals surface area (Å²) in [5.74, 6) is 1.06. The molecule has 15 heavy (non-hydrogen) atoms. The molecule has 0 bridgehead atoms. The molecule has 0 saturated heterocycles. The zero-order chi connectivity index (χ0) is 10.9. The second-order valence-corrected chi connectivity index (χ2v) is 3.00. The number of nitrogens with one attached hydrogen (secondary N) is 1. The second-order valence-electron chi connectivity index (χ2n) is 3.00. The van der Waals surface area contributed by atoms with Crippen molar-refractivity contribution in [3.8, 4) is 11.8 Å². The van der Waals surface area contributed by atoms with E-state index < -0.39 is 0 Å². The van der Waals surface area contributed by atoms with Crippen LogP contribution in [0.2, 0.25) is 0 Å². The van der Waals surface area contributed by atoms with Gasteiger partial charge in [-0.25, -0.2) is 9.97 Å². The van der Waals surface area contributed by atoms with Gasteiger partial charge in [0.25, 0.3) is 0 Å². The highest BCUT2D eigenvalue weighted by atomic mass is 16.5. The van der Waals surface area contributed by atoms with E-state index in [0.717, 1.165) is 19.5 Å². The minimum Gasteiger partial charge on any atom is -0.481 e. The van der Waals surface area contributed by atoms with E-state index in [9.17, 15) is 0 Å². The molecule has 5 nitrogen and oxygen atoms in total. The topological polar surface area (TPSA) is 56.3 Å². The number of hydrogen-bond donors (Lipinski definition) is 1. The van der Waals surface area contributed by atoms with Crippen LogP contribution in [-0.4, -0.2) is 36.8 Å². The lowest BCUT2D eigenvalue weighted by Crippen LogP contribution is -2.21. The predicted molar refractivity (Wildman–Crippen MR) is 57.2 cm³/mol. The van der Waals surface area contributed by atoms with Gasteiger partial charge in [-0.1, -0.05) is 6.92 Å². The molecule has 1 aromatic rings. The number of hydrogen-bond acceptors (Lipinski definition) is 5. The highest BCUT2D eigenvalue weighted by molar-refractivity contribution is 5.17. The van der Waals surface area contributed by atoms with Gasteiger partial charge in [-0.05, 0) is 13.0 Å². The van der Waals surface area contributed by atoms with Gasteiger partial charge in [0.15, 0.2) is 0 Å². The zero-order valence-electron chi connectivity index (χ0n) is 9.19. The Kier molecular flexibility index (Phi) is 5.47. The molecular weight excluding hydrogens is 194 g/mol. The van der Waals surface area contributed by atoms with Crippen LogP contribution in [0.1, 0.15) is 13.3 Å². The Morgan fingerprint density at radius 2 is 2.07 bits per heavy atom. The van der Waals surface area contributed by atoms with Crippen LogP contribution in [0, 0.1) is 0 Å². The summed E-state index contributed by atoms with van der Waals surface area (Å²) in [5.41, 5.74) is 0. The SMILES string of the molecule is CCCNCCOc1cc(OC)ncn1. The Morgan fingerprint density at radius 1 is 1.27 bits per heavy atom. The molecule has 0 atom stereocenters. The van der Waals surface area contributed by atoms with Crippen molar-refractivity contribution in [2.45, 2.75) is 13.3 Å². The molecule has 1 N–H and O–H groups in total. The first-order valence-corrected chi connectivity index (χ1v) is 5.06. The Labute approximate surface area is 89.8 Å². The number of rotatable bonds is 7. The maximum Gasteiger partial charge on any atom is 0.220 e. The van der Waals surface area contributed by atoms with Gasteiger partial charge >= 0.3 is 0 Å². The monoisotopic (exact) mass is 211 g/mol. The highest BCUT2D eigenvalue weighted by Gasteiger charge is 1.98. The number of aromatic nitrogens is 2. The van der Waals surface area contributed by atoms with Crippen molar-refractivity contribution in [3.63, 3.8) is 0 Å². The van der Waals surface area contributed by atoms with E-state index in [2.05, 4.69) is 22.2 Å². The molecular formula is C10H17N3O2. The Balaban J connectivity index is 2.24. The number of nitrogens with zero attached hydrogens (tertiary/aromatic N) is 2. The largest absolute Gasteiger partial charge is 0.481 e. The van der Waals surface area contributed by atoms with Crippen LogP contribution in [0.5, 0.6) is 11.8 Å². The van der Waals surface area contributed by atoms with Crippen LogP contribution >= 0.6 is 0 Å². The van der Waals surface area contributed by atoms with E-state index in [4.69, 9.17) is 9.47 Å². The van der Waals surface area contributed by atoms with Crippen molar-refractivity contribution >= 4 is 0 Å². The van der Waals surface area contributed by atoms with Crippen LogP contribution in [0.25, 0.3) is 0 Å². The van der Waals surface area contributed by atoms with Crippen molar-refractivity contribution in [1.29, 1.82) is 0 Å². The van der Waals surface area contributed by atoms with E-state index in [1.807, 2.05) is 0 Å². The fourth-order valence-corrected chi connectivity index (χ4v) is 1.04. The lowest BCUT2D eigenvalue weighted by molar-refractivity contribution is 0.298. The molecule has 5 heteroatoms. The minimum atomic E-state index is 0.515. The molecule has 84 valence electrons. The van der Waals surface area contributed by atoms with Crippen LogP contribution in [0.3, 0.4) is 0 Å². The first-order chi connectivity index (χ1) is 7.36. The lowest BCUT2D eigenvalue weighted by atomic mass is 10.5. The Hall–Kier alpha value is -1.36. The standard InChI is InChI=1S/C10H17N3O2/c1-3-4-11-5-6-15-10-7-9(14-2)12-8-13-10/h7-8,11H,3-6H2,1-2H3. The molecule has 1 heterocycles. The van der Waals surface area contributed by atoms with Crippen LogP contribution in [0.15, 0.2) is 12.4 Å². The third-order valence-electron chi connectivity index (χ3n) is 1.78. The molecule has 0 unspecified atom stereocenters. The zero-order valence-corrected chi connectivity index (χ0v) is 9.19. The molecule has 0 saturated carbocycles. The van der Waals surface area contributed by atoms with Crippen molar-refractivity contribution in [1.82, 2.24) is 15.3 Å². The third kappa shape index (κ3) is 4.60. The molecule has 1 rings (SSSR count). The van der Waals surface area contributed by atoms with Gasteiger partial charge in [0.2, 0.25) is 11.8 Å². The number of methoxy groups -OCH3 is 1. The highest BCUT2D eigenvalue weighted by Crippen LogP contribution is 2.11. The molecule has 0 aliphatic carbocycles. The average molecular weight is 211 g/mol. The van der Waals surface area contributed by atoms with Crippen LogP contribution < -0.4 is 14.8 Å². The maximum atomic E-state index is 5.40. The van der Waals surface area contributed by atoms with Gasteiger partial charge in [0, 0.05) is 6.54 Å². The summed E-state index contributed by atoms with van der Waals surface area (Å²) in [7, 11) is 1.56. The quantitative estimate of drug-likeness (QED) is 0.678. The van der Waals surface area contributed by atoms with Gasteiger partial charge in [-0.2, -0.15) is 0 Å². The fraction of sp³-hybridized carbons (Fsp3) is 0.600. The van der Waals surface area contributed by atoms with Gasteiger partial charge < -0.3 is 14.8 Å². The van der Waals surface area contributed by atoms with Gasteiger partial charge in [-0.15, -0.1) is 0 Å². The average Bonchev–Trinajstić information content (AvgIpc) is 2.29. The molecule has 0 radical (unpaired) electrons. The van der Waals surface area contributed by atoms with Gasteiger partial charge in [0.1, 0.15) is 12.9 Å². The van der Waals surface area contributed by atoms with Crippen LogP contribution in [0.4, 0.5) is 0 Å². The van der Waals surface area contributed by atoms with E-state index in [0.29, 0.717) is 18.4 Å². The molecule has 0 aliphatic heterocycles. The third-order valence-corrected chi connectivity index (χ3v) is 1.78. The summed E-state index contributed by atoms with van der Waals surface area (Å²) < 4.78 is 10.4. The summed E-state index contributed by atoms with van der Waals surface area (Å²) in [6.07, 6.45) is 2.55. The van der Waals surface area contributed by atoms with Crippen molar-refractivity contribution in [3.05, 3.63) is 12.4 Å². The minimum absolute atomic E-state index is 0.515. The molecule has 0 aliphatic rings. The van der Waals surface area contributed by atoms with E-state index in [-0.39, 0.29) is 0 Å². The van der Waals surface area contributed by atoms with E-state index in [1.54, 1.807) is 13.2 Å². The normalized spacial score (nSPS) is 10.0. The van der Waals surface area contributed by atoms with Crippen LogP contribution in [-0.2, 0) is 0 Å². The summed E-state index contributed by atoms with van der Waals surface area (Å²) >= 11 is 0. The summed E-state index contributed by atoms with van der Waals surface area (Å²) in [6, 6.07) is 1.67. The smallest absolute Gasteiger partial charge is 0.220 e. The lowest BCUT2D eigenvalue weighted by Gasteiger charge is -2.06. The summed E-state index contributed by atoms with van der Waals surface area (Å²) in [5, 5.41) is 3.23. The van der Waals surface area contributed by atoms with Crippen molar-refractivity contribution in [2.75, 3.05) is 26.8 Å². The van der Waals surface area contributed by atoms with Crippen molar-refractivity contribution in [2.24, 2.45) is 0 Å². The fourth-order valence-electron chi connectivity index (χ4n) is 1.04. The maximum absolute atomic E-state index is 5.40. The summed E-state index contributed by atoms with van der Waals surface area (Å²) in [4.78, 5) is 7.85. The molecule has 0 amide bonds. The second kappa shape index (κ2) is 7.00. The Morgan fingerprint density at radius 3 is 2.80 bits per heavy atom. The van der Waals surface area contributed by atoms with E-state index in [1.165, 1.54) is 6.33 Å². The molecule has 1 aromatic heterocycles. The van der Waals surface area contributed by atoms with Gasteiger partial charge in [-0.3, -0.25) is 0 Å². The van der Waals surface area contributed by atoms with Gasteiger partial charge in [0.05, 0.1) is 13.2 Å². The first-order valence-electron chi connectivity index (χ1n) is 5.06. The molecule has 0 aromatic carbocycles. The predicted octanol–water partition coefficient (Wildman–Crippen LogP) is 0.864. The Bertz CT molecular complexity index is 281. The summed E-state index contributed by atoms with van der Waals surface area (Å²) in [6.45, 7) is 4.56. The first kappa shape index (κ1) is 11.7. The van der Waals surface area contributed by atoms with Crippen molar-refractivity contribution < 1.29 is 9.47 Å². The molecule has 0 fully saturated rings. The van der Waals surface area contributed by atoms with E-state index >= 15 is 0 Å². The molecule has 0 spiro atoms. The number of ether oxygens (including phenoxy) is 2.